The molecule has 0 aliphatic carbocycles. The molecule has 16 heavy (non-hydrogen) atoms. The Morgan fingerprint density at radius 1 is 1.38 bits per heavy atom. The van der Waals surface area contributed by atoms with Crippen molar-refractivity contribution in [2.24, 2.45) is 0 Å². The van der Waals surface area contributed by atoms with Crippen LogP contribution in [0, 0.1) is 6.92 Å². The van der Waals surface area contributed by atoms with Gasteiger partial charge in [-0.15, -0.1) is 11.3 Å². The molecule has 2 rings (SSSR count). The molecule has 1 N–H and O–H groups in total. The Morgan fingerprint density at radius 2 is 2.12 bits per heavy atom. The fourth-order valence-corrected chi connectivity index (χ4v) is 3.13. The molecule has 0 fully saturated rings. The second kappa shape index (κ2) is 4.88. The lowest BCUT2D eigenvalue weighted by Crippen LogP contribution is -1.98. The van der Waals surface area contributed by atoms with Crippen LogP contribution >= 0.6 is 38.9 Å². The van der Waals surface area contributed by atoms with E-state index in [0.29, 0.717) is 5.02 Å². The molecule has 84 valence electrons. The van der Waals surface area contributed by atoms with Gasteiger partial charge in [-0.3, -0.25) is 0 Å². The monoisotopic (exact) mass is 316 g/mol. The minimum absolute atomic E-state index is 0.600. The van der Waals surface area contributed by atoms with Gasteiger partial charge < -0.3 is 5.11 Å². The number of halogens is 2. The molecule has 1 nitrogen and oxygen atoms in total. The second-order valence-electron chi connectivity index (χ2n) is 3.56. The van der Waals surface area contributed by atoms with Crippen molar-refractivity contribution in [3.8, 4) is 0 Å². The van der Waals surface area contributed by atoms with Gasteiger partial charge in [0.15, 0.2) is 0 Å². The van der Waals surface area contributed by atoms with Gasteiger partial charge in [-0.1, -0.05) is 33.6 Å². The number of hydrogen-bond acceptors (Lipinski definition) is 2. The van der Waals surface area contributed by atoms with E-state index in [0.717, 1.165) is 15.6 Å². The summed E-state index contributed by atoms with van der Waals surface area (Å²) in [4.78, 5) is 1.19. The number of thiophene rings is 1. The number of aryl methyl sites for hydroxylation is 1. The van der Waals surface area contributed by atoms with E-state index in [1.807, 2.05) is 24.4 Å². The van der Waals surface area contributed by atoms with Crippen molar-refractivity contribution in [3.05, 3.63) is 55.1 Å². The molecule has 4 heteroatoms. The third kappa shape index (κ3) is 2.48. The van der Waals surface area contributed by atoms with Gasteiger partial charge in [0.1, 0.15) is 6.10 Å². The Labute approximate surface area is 112 Å². The first-order valence-electron chi connectivity index (χ1n) is 4.76. The lowest BCUT2D eigenvalue weighted by molar-refractivity contribution is 0.220. The summed E-state index contributed by atoms with van der Waals surface area (Å²) in [7, 11) is 0. The number of hydrogen-bond donors (Lipinski definition) is 1. The normalized spacial score (nSPS) is 12.8. The highest BCUT2D eigenvalue weighted by molar-refractivity contribution is 9.10. The van der Waals surface area contributed by atoms with E-state index in [2.05, 4.69) is 15.9 Å². The minimum atomic E-state index is -0.600. The van der Waals surface area contributed by atoms with Gasteiger partial charge in [-0.05, 0) is 41.6 Å². The highest BCUT2D eigenvalue weighted by atomic mass is 79.9. The van der Waals surface area contributed by atoms with Crippen LogP contribution < -0.4 is 0 Å². The molecule has 2 aromatic rings. The first kappa shape index (κ1) is 12.1. The summed E-state index contributed by atoms with van der Waals surface area (Å²) >= 11 is 10.9. The third-order valence-electron chi connectivity index (χ3n) is 2.32. The molecule has 0 aliphatic rings. The van der Waals surface area contributed by atoms with Gasteiger partial charge in [-0.25, -0.2) is 0 Å². The molecule has 0 spiro atoms. The fraction of sp³-hybridized carbons (Fsp3) is 0.167. The largest absolute Gasteiger partial charge is 0.384 e. The summed E-state index contributed by atoms with van der Waals surface area (Å²) in [6.45, 7) is 2.03. The van der Waals surface area contributed by atoms with Crippen LogP contribution in [0.2, 0.25) is 5.02 Å². The van der Waals surface area contributed by atoms with E-state index < -0.39 is 6.10 Å². The van der Waals surface area contributed by atoms with Crippen LogP contribution in [0.5, 0.6) is 0 Å². The summed E-state index contributed by atoms with van der Waals surface area (Å²) in [5.74, 6) is 0. The molecule has 0 radical (unpaired) electrons. The van der Waals surface area contributed by atoms with Crippen molar-refractivity contribution in [1.82, 2.24) is 0 Å². The van der Waals surface area contributed by atoms with Gasteiger partial charge in [0.25, 0.3) is 0 Å². The summed E-state index contributed by atoms with van der Waals surface area (Å²) < 4.78 is 0.830. The van der Waals surface area contributed by atoms with Crippen LogP contribution in [0.15, 0.2) is 34.1 Å². The third-order valence-corrected chi connectivity index (χ3v) is 4.13. The van der Waals surface area contributed by atoms with Crippen molar-refractivity contribution in [3.63, 3.8) is 0 Å². The van der Waals surface area contributed by atoms with Crippen LogP contribution in [-0.2, 0) is 0 Å². The van der Waals surface area contributed by atoms with Crippen LogP contribution in [0.4, 0.5) is 0 Å². The lowest BCUT2D eigenvalue weighted by atomic mass is 10.0. The van der Waals surface area contributed by atoms with E-state index in [1.54, 1.807) is 23.5 Å². The van der Waals surface area contributed by atoms with E-state index >= 15 is 0 Å². The minimum Gasteiger partial charge on any atom is -0.384 e. The van der Waals surface area contributed by atoms with Crippen LogP contribution in [0.3, 0.4) is 0 Å². The Kier molecular flexibility index (Phi) is 3.70. The van der Waals surface area contributed by atoms with Gasteiger partial charge in [0.05, 0.1) is 0 Å². The Morgan fingerprint density at radius 3 is 2.69 bits per heavy atom. The second-order valence-corrected chi connectivity index (χ2v) is 5.97. The highest BCUT2D eigenvalue weighted by Gasteiger charge is 2.14. The van der Waals surface area contributed by atoms with Gasteiger partial charge in [-0.2, -0.15) is 0 Å². The zero-order valence-corrected chi connectivity index (χ0v) is 11.7. The molecule has 1 unspecified atom stereocenters. The number of benzene rings is 1. The average molecular weight is 318 g/mol. The molecule has 0 saturated carbocycles. The Balaban J connectivity index is 2.37. The SMILES string of the molecule is Cc1cc(C(O)c2ccc(Cl)cc2Br)cs1. The summed E-state index contributed by atoms with van der Waals surface area (Å²) in [6.07, 6.45) is -0.600. The maximum Gasteiger partial charge on any atom is 0.106 e. The van der Waals surface area contributed by atoms with Crippen LogP contribution in [0.1, 0.15) is 22.1 Å². The average Bonchev–Trinajstić information content (AvgIpc) is 2.64. The molecule has 1 aromatic heterocycles. The first-order valence-corrected chi connectivity index (χ1v) is 6.81. The maximum absolute atomic E-state index is 10.2. The predicted molar refractivity (Wildman–Crippen MR) is 72.3 cm³/mol. The number of aliphatic hydroxyl groups is 1. The first-order chi connectivity index (χ1) is 7.58. The van der Waals surface area contributed by atoms with E-state index in [-0.39, 0.29) is 0 Å². The molecule has 1 atom stereocenters. The number of aliphatic hydroxyl groups excluding tert-OH is 1. The molecule has 1 aromatic carbocycles. The van der Waals surface area contributed by atoms with Crippen molar-refractivity contribution < 1.29 is 5.11 Å². The molecular weight excluding hydrogens is 308 g/mol. The zero-order chi connectivity index (χ0) is 11.7. The predicted octanol–water partition coefficient (Wildman–Crippen LogP) is 4.55. The van der Waals surface area contributed by atoms with E-state index in [1.165, 1.54) is 4.88 Å². The van der Waals surface area contributed by atoms with E-state index in [4.69, 9.17) is 11.6 Å². The van der Waals surface area contributed by atoms with Crippen molar-refractivity contribution in [1.29, 1.82) is 0 Å². The Hall–Kier alpha value is -0.350. The van der Waals surface area contributed by atoms with Crippen molar-refractivity contribution in [2.45, 2.75) is 13.0 Å². The summed E-state index contributed by atoms with van der Waals surface area (Å²) in [5.41, 5.74) is 1.76. The van der Waals surface area contributed by atoms with Gasteiger partial charge in [0.2, 0.25) is 0 Å². The maximum atomic E-state index is 10.2. The lowest BCUT2D eigenvalue weighted by Gasteiger charge is -2.11. The van der Waals surface area contributed by atoms with Gasteiger partial charge in [0, 0.05) is 14.4 Å². The standard InChI is InChI=1S/C12H10BrClOS/c1-7-4-8(6-16-7)12(15)10-3-2-9(14)5-11(10)13/h2-6,12,15H,1H3. The molecular formula is C12H10BrClOS. The quantitative estimate of drug-likeness (QED) is 0.861. The summed E-state index contributed by atoms with van der Waals surface area (Å²) in [5, 5.41) is 12.8. The zero-order valence-electron chi connectivity index (χ0n) is 8.58. The molecule has 0 bridgehead atoms. The topological polar surface area (TPSA) is 20.2 Å². The van der Waals surface area contributed by atoms with E-state index in [9.17, 15) is 5.11 Å². The molecule has 0 amide bonds. The summed E-state index contributed by atoms with van der Waals surface area (Å²) in [6, 6.07) is 7.41. The highest BCUT2D eigenvalue weighted by Crippen LogP contribution is 2.32. The fourth-order valence-electron chi connectivity index (χ4n) is 1.51. The van der Waals surface area contributed by atoms with Crippen molar-refractivity contribution >= 4 is 38.9 Å². The molecule has 0 aliphatic heterocycles. The molecule has 0 saturated heterocycles. The Bertz CT molecular complexity index is 509. The smallest absolute Gasteiger partial charge is 0.106 e. The number of rotatable bonds is 2. The van der Waals surface area contributed by atoms with Gasteiger partial charge >= 0.3 is 0 Å². The van der Waals surface area contributed by atoms with Crippen LogP contribution in [-0.4, -0.2) is 5.11 Å². The molecule has 1 heterocycles. The van der Waals surface area contributed by atoms with Crippen molar-refractivity contribution in [2.75, 3.05) is 0 Å². The van der Waals surface area contributed by atoms with Crippen LogP contribution in [0.25, 0.3) is 0 Å².